The third kappa shape index (κ3) is 3.68. The van der Waals surface area contributed by atoms with E-state index < -0.39 is 11.6 Å². The molecule has 2 aliphatic carbocycles. The fourth-order valence-electron chi connectivity index (χ4n) is 5.50. The monoisotopic (exact) mass is 384 g/mol. The molecular weight excluding hydrogens is 354 g/mol. The Balaban J connectivity index is 1.48. The molecule has 0 unspecified atom stereocenters. The average molecular weight is 385 g/mol. The first-order chi connectivity index (χ1) is 13.6. The molecular formula is C25H30F2O. The van der Waals surface area contributed by atoms with Crippen molar-refractivity contribution in [2.45, 2.75) is 57.3 Å². The number of halogens is 2. The predicted octanol–water partition coefficient (Wildman–Crippen LogP) is 7.39. The van der Waals surface area contributed by atoms with Gasteiger partial charge in [-0.2, -0.15) is 0 Å². The molecule has 0 bridgehead atoms. The molecule has 2 aromatic carbocycles. The van der Waals surface area contributed by atoms with E-state index in [1.54, 1.807) is 12.1 Å². The molecule has 2 fully saturated rings. The minimum Gasteiger partial charge on any atom is -0.497 e. The molecule has 0 spiro atoms. The highest BCUT2D eigenvalue weighted by Gasteiger charge is 2.32. The minimum absolute atomic E-state index is 0.127. The van der Waals surface area contributed by atoms with E-state index in [1.807, 2.05) is 12.1 Å². The van der Waals surface area contributed by atoms with Crippen LogP contribution in [0.5, 0.6) is 5.75 Å². The van der Waals surface area contributed by atoms with Crippen molar-refractivity contribution in [3.63, 3.8) is 0 Å². The van der Waals surface area contributed by atoms with Crippen LogP contribution in [-0.2, 0) is 0 Å². The summed E-state index contributed by atoms with van der Waals surface area (Å²) >= 11 is 0. The van der Waals surface area contributed by atoms with Crippen molar-refractivity contribution in [1.82, 2.24) is 0 Å². The summed E-state index contributed by atoms with van der Waals surface area (Å²) < 4.78 is 34.7. The molecule has 0 atom stereocenters. The van der Waals surface area contributed by atoms with E-state index in [9.17, 15) is 8.78 Å². The molecule has 0 heterocycles. The Bertz CT molecular complexity index is 843. The van der Waals surface area contributed by atoms with Crippen LogP contribution in [0.2, 0.25) is 0 Å². The van der Waals surface area contributed by atoms with Crippen molar-refractivity contribution in [3.8, 4) is 5.75 Å². The van der Waals surface area contributed by atoms with Crippen LogP contribution in [-0.4, -0.2) is 7.11 Å². The summed E-state index contributed by atoms with van der Waals surface area (Å²) in [7, 11) is 1.53. The van der Waals surface area contributed by atoms with Gasteiger partial charge in [-0.3, -0.25) is 0 Å². The summed E-state index contributed by atoms with van der Waals surface area (Å²) in [6, 6.07) is 7.06. The second-order valence-electron chi connectivity index (χ2n) is 8.70. The van der Waals surface area contributed by atoms with Gasteiger partial charge < -0.3 is 4.74 Å². The number of methoxy groups -OCH3 is 1. The van der Waals surface area contributed by atoms with Gasteiger partial charge in [-0.15, -0.1) is 6.58 Å². The lowest BCUT2D eigenvalue weighted by molar-refractivity contribution is 0.171. The van der Waals surface area contributed by atoms with Crippen LogP contribution in [0, 0.1) is 29.4 Å². The molecule has 0 aromatic heterocycles. The summed E-state index contributed by atoms with van der Waals surface area (Å²) in [5.41, 5.74) is 0.559. The number of rotatable bonds is 4. The van der Waals surface area contributed by atoms with Gasteiger partial charge in [0.1, 0.15) is 5.75 Å². The normalized spacial score (nSPS) is 28.2. The minimum atomic E-state index is -0.740. The standard InChI is InChI=1S/C25H30F2O/c1-3-16-4-6-17(7-5-16)18-8-10-19(11-9-18)22-14-20-12-13-21(28-2)15-23(20)25(27)24(22)26/h3,12-19H,1,4-11H2,2H3. The summed E-state index contributed by atoms with van der Waals surface area (Å²) in [5, 5.41) is 1.05. The topological polar surface area (TPSA) is 9.23 Å². The van der Waals surface area contributed by atoms with Crippen molar-refractivity contribution in [2.24, 2.45) is 17.8 Å². The molecule has 1 nitrogen and oxygen atoms in total. The molecule has 4 rings (SSSR count). The Morgan fingerprint density at radius 2 is 1.54 bits per heavy atom. The first kappa shape index (κ1) is 19.4. The maximum atomic E-state index is 14.9. The van der Waals surface area contributed by atoms with Gasteiger partial charge in [0, 0.05) is 5.39 Å². The zero-order valence-corrected chi connectivity index (χ0v) is 16.7. The van der Waals surface area contributed by atoms with Gasteiger partial charge in [0.2, 0.25) is 0 Å². The van der Waals surface area contributed by atoms with Crippen LogP contribution in [0.25, 0.3) is 10.8 Å². The number of allylic oxidation sites excluding steroid dienone is 1. The average Bonchev–Trinajstić information content (AvgIpc) is 2.76. The smallest absolute Gasteiger partial charge is 0.167 e. The highest BCUT2D eigenvalue weighted by atomic mass is 19.2. The molecule has 0 saturated heterocycles. The first-order valence-electron chi connectivity index (χ1n) is 10.7. The van der Waals surface area contributed by atoms with E-state index in [4.69, 9.17) is 4.74 Å². The molecule has 0 N–H and O–H groups in total. The summed E-state index contributed by atoms with van der Waals surface area (Å²) in [5.74, 6) is 1.52. The number of benzene rings is 2. The van der Waals surface area contributed by atoms with Crippen LogP contribution in [0.4, 0.5) is 8.78 Å². The van der Waals surface area contributed by atoms with E-state index in [0.717, 1.165) is 42.9 Å². The van der Waals surface area contributed by atoms with Gasteiger partial charge in [0.15, 0.2) is 11.6 Å². The van der Waals surface area contributed by atoms with Gasteiger partial charge in [0.05, 0.1) is 7.11 Å². The highest BCUT2D eigenvalue weighted by molar-refractivity contribution is 5.85. The summed E-state index contributed by atoms with van der Waals surface area (Å²) in [4.78, 5) is 0. The fraction of sp³-hybridized carbons (Fsp3) is 0.520. The lowest BCUT2D eigenvalue weighted by Crippen LogP contribution is -2.25. The molecule has 150 valence electrons. The zero-order valence-electron chi connectivity index (χ0n) is 16.7. The summed E-state index contributed by atoms with van der Waals surface area (Å²) in [6.45, 7) is 3.94. The summed E-state index contributed by atoms with van der Waals surface area (Å²) in [6.07, 6.45) is 11.4. The van der Waals surface area contributed by atoms with E-state index >= 15 is 0 Å². The molecule has 0 amide bonds. The zero-order chi connectivity index (χ0) is 19.7. The van der Waals surface area contributed by atoms with Crippen molar-refractivity contribution < 1.29 is 13.5 Å². The molecule has 2 aliphatic rings. The molecule has 0 radical (unpaired) electrons. The maximum absolute atomic E-state index is 14.9. The van der Waals surface area contributed by atoms with E-state index in [0.29, 0.717) is 22.6 Å². The van der Waals surface area contributed by atoms with E-state index in [2.05, 4.69) is 12.7 Å². The second kappa shape index (κ2) is 8.23. The second-order valence-corrected chi connectivity index (χ2v) is 8.70. The number of hydrogen-bond acceptors (Lipinski definition) is 1. The predicted molar refractivity (Wildman–Crippen MR) is 111 cm³/mol. The number of fused-ring (bicyclic) bond motifs is 1. The molecule has 2 aromatic rings. The van der Waals surface area contributed by atoms with Gasteiger partial charge in [-0.05, 0) is 104 Å². The van der Waals surface area contributed by atoms with Crippen LogP contribution in [0.15, 0.2) is 36.9 Å². The fourth-order valence-corrected chi connectivity index (χ4v) is 5.50. The first-order valence-corrected chi connectivity index (χ1v) is 10.7. The quantitative estimate of drug-likeness (QED) is 0.499. The largest absolute Gasteiger partial charge is 0.497 e. The van der Waals surface area contributed by atoms with Crippen molar-refractivity contribution in [1.29, 1.82) is 0 Å². The van der Waals surface area contributed by atoms with E-state index in [1.165, 1.54) is 32.8 Å². The Kier molecular flexibility index (Phi) is 5.70. The van der Waals surface area contributed by atoms with Gasteiger partial charge in [-0.1, -0.05) is 12.1 Å². The van der Waals surface area contributed by atoms with Crippen molar-refractivity contribution in [3.05, 3.63) is 54.1 Å². The van der Waals surface area contributed by atoms with Gasteiger partial charge in [0.25, 0.3) is 0 Å². The van der Waals surface area contributed by atoms with Crippen LogP contribution in [0.3, 0.4) is 0 Å². The molecule has 28 heavy (non-hydrogen) atoms. The molecule has 3 heteroatoms. The van der Waals surface area contributed by atoms with Crippen molar-refractivity contribution in [2.75, 3.05) is 7.11 Å². The SMILES string of the molecule is C=CC1CCC(C2CCC(c3cc4ccc(OC)cc4c(F)c3F)CC2)CC1. The maximum Gasteiger partial charge on any atom is 0.167 e. The van der Waals surface area contributed by atoms with Crippen molar-refractivity contribution >= 4 is 10.8 Å². The van der Waals surface area contributed by atoms with E-state index in [-0.39, 0.29) is 5.92 Å². The molecule has 0 aliphatic heterocycles. The third-order valence-corrected chi connectivity index (χ3v) is 7.28. The lowest BCUT2D eigenvalue weighted by Gasteiger charge is -2.37. The number of hydrogen-bond donors (Lipinski definition) is 0. The highest BCUT2D eigenvalue weighted by Crippen LogP contribution is 2.45. The third-order valence-electron chi connectivity index (χ3n) is 7.28. The Morgan fingerprint density at radius 1 is 0.893 bits per heavy atom. The van der Waals surface area contributed by atoms with Crippen LogP contribution >= 0.6 is 0 Å². The Hall–Kier alpha value is -1.90. The van der Waals surface area contributed by atoms with Gasteiger partial charge in [-0.25, -0.2) is 8.78 Å². The number of ether oxygens (including phenoxy) is 1. The molecule has 2 saturated carbocycles. The van der Waals surface area contributed by atoms with Gasteiger partial charge >= 0.3 is 0 Å². The van der Waals surface area contributed by atoms with Crippen LogP contribution < -0.4 is 4.74 Å². The Labute approximate surface area is 166 Å². The Morgan fingerprint density at radius 3 is 2.14 bits per heavy atom. The lowest BCUT2D eigenvalue weighted by atomic mass is 9.68. The van der Waals surface area contributed by atoms with Crippen LogP contribution in [0.1, 0.15) is 62.8 Å².